The summed E-state index contributed by atoms with van der Waals surface area (Å²) in [6.45, 7) is 4.49. The quantitative estimate of drug-likeness (QED) is 0.754. The second kappa shape index (κ2) is 8.29. The zero-order chi connectivity index (χ0) is 18.6. The van der Waals surface area contributed by atoms with Gasteiger partial charge in [-0.15, -0.1) is 0 Å². The number of rotatable bonds is 6. The lowest BCUT2D eigenvalue weighted by molar-refractivity contribution is 0.215. The fourth-order valence-corrected chi connectivity index (χ4v) is 4.34. The van der Waals surface area contributed by atoms with E-state index in [4.69, 9.17) is 20.5 Å². The van der Waals surface area contributed by atoms with Crippen LogP contribution in [-0.4, -0.2) is 28.1 Å². The van der Waals surface area contributed by atoms with Crippen LogP contribution in [-0.2, 0) is 10.1 Å². The molecule has 2 aromatic rings. The molecule has 1 heterocycles. The van der Waals surface area contributed by atoms with Crippen molar-refractivity contribution in [2.75, 3.05) is 19.7 Å². The van der Waals surface area contributed by atoms with Crippen molar-refractivity contribution < 1.29 is 17.3 Å². The zero-order valence-corrected chi connectivity index (χ0v) is 16.1. The van der Waals surface area contributed by atoms with Gasteiger partial charge in [0.15, 0.2) is 0 Å². The summed E-state index contributed by atoms with van der Waals surface area (Å²) in [6, 6.07) is 11.3. The Kier molecular flexibility index (Phi) is 6.06. The van der Waals surface area contributed by atoms with Gasteiger partial charge in [-0.3, -0.25) is 0 Å². The molecule has 0 aromatic heterocycles. The van der Waals surface area contributed by atoms with E-state index in [2.05, 4.69) is 5.32 Å². The standard InChI is InChI=1S/C19H22ClNO4S/c1-14-10-16(24-13-15-6-8-21-9-7-15)12-17(11-14)25-26(22,23)19-5-3-2-4-18(19)20/h2-5,10-12,15,21H,6-9,13H2,1H3. The van der Waals surface area contributed by atoms with Crippen LogP contribution in [0, 0.1) is 12.8 Å². The van der Waals surface area contributed by atoms with Crippen LogP contribution in [0.2, 0.25) is 5.02 Å². The van der Waals surface area contributed by atoms with Crippen molar-refractivity contribution in [2.24, 2.45) is 5.92 Å². The van der Waals surface area contributed by atoms with Gasteiger partial charge in [0, 0.05) is 6.07 Å². The molecule has 3 rings (SSSR count). The van der Waals surface area contributed by atoms with Gasteiger partial charge in [0.1, 0.15) is 16.4 Å². The molecule has 2 aromatic carbocycles. The maximum absolute atomic E-state index is 12.5. The van der Waals surface area contributed by atoms with Crippen molar-refractivity contribution in [2.45, 2.75) is 24.7 Å². The maximum Gasteiger partial charge on any atom is 0.340 e. The molecule has 1 aliphatic rings. The molecule has 1 saturated heterocycles. The topological polar surface area (TPSA) is 64.6 Å². The number of nitrogens with one attached hydrogen (secondary N) is 1. The summed E-state index contributed by atoms with van der Waals surface area (Å²) in [6.07, 6.45) is 2.16. The third kappa shape index (κ3) is 4.90. The number of hydrogen-bond acceptors (Lipinski definition) is 5. The smallest absolute Gasteiger partial charge is 0.340 e. The van der Waals surface area contributed by atoms with Gasteiger partial charge in [-0.2, -0.15) is 8.42 Å². The lowest BCUT2D eigenvalue weighted by Gasteiger charge is -2.22. The highest BCUT2D eigenvalue weighted by atomic mass is 35.5. The number of hydrogen-bond donors (Lipinski definition) is 1. The molecule has 0 bridgehead atoms. The minimum atomic E-state index is -4.01. The first-order valence-electron chi connectivity index (χ1n) is 8.58. The minimum Gasteiger partial charge on any atom is -0.493 e. The van der Waals surface area contributed by atoms with E-state index in [1.54, 1.807) is 24.3 Å². The minimum absolute atomic E-state index is 0.0552. The Balaban J connectivity index is 1.74. The van der Waals surface area contributed by atoms with E-state index in [1.165, 1.54) is 12.1 Å². The van der Waals surface area contributed by atoms with Crippen LogP contribution in [0.15, 0.2) is 47.4 Å². The second-order valence-electron chi connectivity index (χ2n) is 6.45. The largest absolute Gasteiger partial charge is 0.493 e. The van der Waals surface area contributed by atoms with E-state index < -0.39 is 10.1 Å². The van der Waals surface area contributed by atoms with Crippen LogP contribution in [0.1, 0.15) is 18.4 Å². The third-order valence-corrected chi connectivity index (χ3v) is 6.03. The Morgan fingerprint density at radius 1 is 1.12 bits per heavy atom. The molecule has 5 nitrogen and oxygen atoms in total. The Morgan fingerprint density at radius 2 is 1.81 bits per heavy atom. The van der Waals surface area contributed by atoms with Gasteiger partial charge in [0.05, 0.1) is 11.6 Å². The van der Waals surface area contributed by atoms with Crippen LogP contribution in [0.5, 0.6) is 11.5 Å². The summed E-state index contributed by atoms with van der Waals surface area (Å²) in [5.41, 5.74) is 0.858. The number of halogens is 1. The Morgan fingerprint density at radius 3 is 2.54 bits per heavy atom. The van der Waals surface area contributed by atoms with Gasteiger partial charge < -0.3 is 14.2 Å². The van der Waals surface area contributed by atoms with Crippen LogP contribution in [0.25, 0.3) is 0 Å². The normalized spacial score (nSPS) is 15.6. The van der Waals surface area contributed by atoms with Crippen molar-refractivity contribution in [3.8, 4) is 11.5 Å². The molecule has 7 heteroatoms. The summed E-state index contributed by atoms with van der Waals surface area (Å²) < 4.78 is 36.2. The van der Waals surface area contributed by atoms with Crippen molar-refractivity contribution in [3.05, 3.63) is 53.1 Å². The summed E-state index contributed by atoms with van der Waals surface area (Å²) in [5.74, 6) is 1.33. The highest BCUT2D eigenvalue weighted by Gasteiger charge is 2.20. The first-order valence-corrected chi connectivity index (χ1v) is 10.4. The van der Waals surface area contributed by atoms with Crippen LogP contribution >= 0.6 is 11.6 Å². The molecule has 0 atom stereocenters. The SMILES string of the molecule is Cc1cc(OCC2CCNCC2)cc(OS(=O)(=O)c2ccccc2Cl)c1. The lowest BCUT2D eigenvalue weighted by atomic mass is 9.99. The fraction of sp³-hybridized carbons (Fsp3) is 0.368. The fourth-order valence-electron chi connectivity index (χ4n) is 2.93. The summed E-state index contributed by atoms with van der Waals surface area (Å²) in [5, 5.41) is 3.45. The molecule has 0 amide bonds. The number of aryl methyl sites for hydroxylation is 1. The molecule has 1 aliphatic heterocycles. The Bertz CT molecular complexity index is 864. The predicted molar refractivity (Wildman–Crippen MR) is 102 cm³/mol. The molecule has 140 valence electrons. The lowest BCUT2D eigenvalue weighted by Crippen LogP contribution is -2.30. The molecule has 0 spiro atoms. The second-order valence-corrected chi connectivity index (χ2v) is 8.38. The summed E-state index contributed by atoms with van der Waals surface area (Å²) >= 11 is 5.98. The highest BCUT2D eigenvalue weighted by Crippen LogP contribution is 2.28. The molecule has 1 fully saturated rings. The monoisotopic (exact) mass is 395 g/mol. The van der Waals surface area contributed by atoms with Crippen molar-refractivity contribution in [3.63, 3.8) is 0 Å². The van der Waals surface area contributed by atoms with Gasteiger partial charge in [-0.1, -0.05) is 23.7 Å². The highest BCUT2D eigenvalue weighted by molar-refractivity contribution is 7.87. The van der Waals surface area contributed by atoms with E-state index in [-0.39, 0.29) is 15.7 Å². The molecular weight excluding hydrogens is 374 g/mol. The van der Waals surface area contributed by atoms with E-state index in [1.807, 2.05) is 13.0 Å². The van der Waals surface area contributed by atoms with E-state index in [0.717, 1.165) is 31.5 Å². The van der Waals surface area contributed by atoms with Crippen molar-refractivity contribution in [1.82, 2.24) is 5.32 Å². The molecule has 1 N–H and O–H groups in total. The van der Waals surface area contributed by atoms with Gasteiger partial charge in [-0.05, 0) is 68.6 Å². The molecule has 0 radical (unpaired) electrons. The number of benzene rings is 2. The zero-order valence-electron chi connectivity index (χ0n) is 14.6. The average molecular weight is 396 g/mol. The van der Waals surface area contributed by atoms with Crippen LogP contribution < -0.4 is 14.2 Å². The van der Waals surface area contributed by atoms with Crippen molar-refractivity contribution >= 4 is 21.7 Å². The first-order chi connectivity index (χ1) is 12.4. The third-order valence-electron chi connectivity index (χ3n) is 4.28. The average Bonchev–Trinajstić information content (AvgIpc) is 2.60. The number of piperidine rings is 1. The van der Waals surface area contributed by atoms with Gasteiger partial charge in [0.2, 0.25) is 0 Å². The maximum atomic E-state index is 12.5. The van der Waals surface area contributed by atoms with Gasteiger partial charge in [0.25, 0.3) is 0 Å². The summed E-state index contributed by atoms with van der Waals surface area (Å²) in [4.78, 5) is -0.0552. The number of ether oxygens (including phenoxy) is 1. The van der Waals surface area contributed by atoms with E-state index in [0.29, 0.717) is 18.3 Å². The van der Waals surface area contributed by atoms with E-state index in [9.17, 15) is 8.42 Å². The Hall–Kier alpha value is -1.76. The van der Waals surface area contributed by atoms with Gasteiger partial charge >= 0.3 is 10.1 Å². The van der Waals surface area contributed by atoms with Gasteiger partial charge in [-0.25, -0.2) is 0 Å². The molecule has 26 heavy (non-hydrogen) atoms. The van der Waals surface area contributed by atoms with Crippen LogP contribution in [0.3, 0.4) is 0 Å². The van der Waals surface area contributed by atoms with E-state index >= 15 is 0 Å². The summed E-state index contributed by atoms with van der Waals surface area (Å²) in [7, 11) is -4.01. The predicted octanol–water partition coefficient (Wildman–Crippen LogP) is 3.79. The van der Waals surface area contributed by atoms with Crippen LogP contribution in [0.4, 0.5) is 0 Å². The molecule has 0 saturated carbocycles. The molecular formula is C19H22ClNO4S. The first kappa shape index (κ1) is 19.0. The molecule has 0 aliphatic carbocycles. The van der Waals surface area contributed by atoms with Crippen molar-refractivity contribution in [1.29, 1.82) is 0 Å². The molecule has 0 unspecified atom stereocenters. The Labute approximate surface area is 159 Å².